The van der Waals surface area contributed by atoms with Crippen molar-refractivity contribution in [1.29, 1.82) is 0 Å². The molecule has 1 aliphatic rings. The van der Waals surface area contributed by atoms with E-state index in [0.29, 0.717) is 36.4 Å². The fraction of sp³-hybridized carbons (Fsp3) is 0.300. The molecule has 1 heterocycles. The molecule has 3 rings (SSSR count). The number of hydrogen-bond donors (Lipinski definition) is 1. The Bertz CT molecular complexity index is 953. The molecule has 0 aliphatic carbocycles. The number of piperidine rings is 1. The molecule has 0 spiro atoms. The van der Waals surface area contributed by atoms with Crippen LogP contribution >= 0.6 is 0 Å². The monoisotopic (exact) mass is 402 g/mol. The third-order valence-corrected chi connectivity index (χ3v) is 6.33. The van der Waals surface area contributed by atoms with Crippen LogP contribution in [-0.2, 0) is 14.8 Å². The van der Waals surface area contributed by atoms with Gasteiger partial charge >= 0.3 is 0 Å². The van der Waals surface area contributed by atoms with Crippen LogP contribution in [0.25, 0.3) is 0 Å². The fourth-order valence-electron chi connectivity index (χ4n) is 3.01. The van der Waals surface area contributed by atoms with Gasteiger partial charge in [0.1, 0.15) is 12.0 Å². The molecule has 28 heavy (non-hydrogen) atoms. The normalized spacial score (nSPS) is 15.0. The van der Waals surface area contributed by atoms with Crippen molar-refractivity contribution in [1.82, 2.24) is 4.31 Å². The second kappa shape index (κ2) is 8.99. The lowest BCUT2D eigenvalue weighted by Gasteiger charge is -2.26. The molecule has 2 aromatic rings. The van der Waals surface area contributed by atoms with Crippen LogP contribution in [0.2, 0.25) is 0 Å². The number of amides is 1. The summed E-state index contributed by atoms with van der Waals surface area (Å²) in [5, 5.41) is 2.64. The smallest absolute Gasteiger partial charge is 0.262 e. The van der Waals surface area contributed by atoms with Gasteiger partial charge in [-0.1, -0.05) is 24.6 Å². The highest BCUT2D eigenvalue weighted by Crippen LogP contribution is 2.23. The summed E-state index contributed by atoms with van der Waals surface area (Å²) in [6.45, 7) is 0.782. The lowest BCUT2D eigenvalue weighted by atomic mass is 10.2. The molecule has 148 valence electrons. The van der Waals surface area contributed by atoms with Crippen LogP contribution < -0.4 is 10.1 Å². The fourth-order valence-corrected chi connectivity index (χ4v) is 4.58. The maximum Gasteiger partial charge on any atom is 0.262 e. The molecule has 0 bridgehead atoms. The summed E-state index contributed by atoms with van der Waals surface area (Å²) in [4.78, 5) is 23.1. The highest BCUT2D eigenvalue weighted by Gasteiger charge is 2.26. The van der Waals surface area contributed by atoms with Gasteiger partial charge in [-0.15, -0.1) is 0 Å². The third kappa shape index (κ3) is 4.96. The van der Waals surface area contributed by atoms with Gasteiger partial charge in [0.15, 0.2) is 6.61 Å². The van der Waals surface area contributed by atoms with Gasteiger partial charge in [0.25, 0.3) is 5.91 Å². The Labute approximate surface area is 164 Å². The summed E-state index contributed by atoms with van der Waals surface area (Å²) in [6, 6.07) is 12.7. The van der Waals surface area contributed by atoms with Crippen molar-refractivity contribution in [3.8, 4) is 5.75 Å². The van der Waals surface area contributed by atoms with Crippen molar-refractivity contribution in [3.63, 3.8) is 0 Å². The standard InChI is InChI=1S/C20H22N2O5S/c23-14-16-6-4-8-18(12-16)27-15-20(24)21-17-7-5-9-19(13-17)28(25,26)22-10-2-1-3-11-22/h4-9,12-14H,1-3,10-11,15H2,(H,21,24). The molecule has 1 fully saturated rings. The third-order valence-electron chi connectivity index (χ3n) is 4.43. The van der Waals surface area contributed by atoms with Gasteiger partial charge in [0.05, 0.1) is 4.90 Å². The number of sulfonamides is 1. The second-order valence-corrected chi connectivity index (χ2v) is 8.46. The van der Waals surface area contributed by atoms with Crippen molar-refractivity contribution in [2.24, 2.45) is 0 Å². The number of carbonyl (C=O) groups is 2. The topological polar surface area (TPSA) is 92.8 Å². The van der Waals surface area contributed by atoms with Crippen molar-refractivity contribution in [3.05, 3.63) is 54.1 Å². The van der Waals surface area contributed by atoms with Crippen molar-refractivity contribution in [2.45, 2.75) is 24.2 Å². The second-order valence-electron chi connectivity index (χ2n) is 6.52. The first-order valence-corrected chi connectivity index (χ1v) is 10.5. The zero-order chi connectivity index (χ0) is 20.0. The molecule has 0 atom stereocenters. The maximum absolute atomic E-state index is 12.8. The molecule has 1 amide bonds. The Hall–Kier alpha value is -2.71. The molecule has 0 unspecified atom stereocenters. The van der Waals surface area contributed by atoms with E-state index < -0.39 is 15.9 Å². The minimum atomic E-state index is -3.57. The number of carbonyl (C=O) groups excluding carboxylic acids is 2. The van der Waals surface area contributed by atoms with E-state index in [1.165, 1.54) is 22.5 Å². The van der Waals surface area contributed by atoms with Crippen LogP contribution in [-0.4, -0.2) is 44.6 Å². The van der Waals surface area contributed by atoms with E-state index in [0.717, 1.165) is 19.3 Å². The minimum Gasteiger partial charge on any atom is -0.484 e. The average Bonchev–Trinajstić information content (AvgIpc) is 2.73. The van der Waals surface area contributed by atoms with Crippen LogP contribution in [0.1, 0.15) is 29.6 Å². The number of hydrogen-bond acceptors (Lipinski definition) is 5. The Morgan fingerprint density at radius 1 is 1.07 bits per heavy atom. The van der Waals surface area contributed by atoms with Crippen LogP contribution in [0.3, 0.4) is 0 Å². The van der Waals surface area contributed by atoms with E-state index in [1.807, 2.05) is 0 Å². The van der Waals surface area contributed by atoms with E-state index >= 15 is 0 Å². The van der Waals surface area contributed by atoms with E-state index in [-0.39, 0.29) is 11.5 Å². The number of rotatable bonds is 7. The van der Waals surface area contributed by atoms with Crippen molar-refractivity contribution < 1.29 is 22.7 Å². The molecule has 2 aromatic carbocycles. The predicted molar refractivity (Wildman–Crippen MR) is 105 cm³/mol. The molecule has 0 aromatic heterocycles. The maximum atomic E-state index is 12.8. The number of anilines is 1. The highest BCUT2D eigenvalue weighted by molar-refractivity contribution is 7.89. The van der Waals surface area contributed by atoms with Gasteiger partial charge < -0.3 is 10.1 Å². The van der Waals surface area contributed by atoms with E-state index in [9.17, 15) is 18.0 Å². The first-order chi connectivity index (χ1) is 13.5. The van der Waals surface area contributed by atoms with Crippen LogP contribution in [0.5, 0.6) is 5.75 Å². The predicted octanol–water partition coefficient (Wildman–Crippen LogP) is 2.69. The van der Waals surface area contributed by atoms with Gasteiger partial charge in [-0.2, -0.15) is 4.31 Å². The van der Waals surface area contributed by atoms with Crippen LogP contribution in [0.4, 0.5) is 5.69 Å². The van der Waals surface area contributed by atoms with E-state index in [2.05, 4.69) is 5.32 Å². The summed E-state index contributed by atoms with van der Waals surface area (Å²) in [7, 11) is -3.57. The van der Waals surface area contributed by atoms with Gasteiger partial charge in [-0.05, 0) is 43.2 Å². The van der Waals surface area contributed by atoms with Gasteiger partial charge in [-0.3, -0.25) is 9.59 Å². The van der Waals surface area contributed by atoms with Gasteiger partial charge in [-0.25, -0.2) is 8.42 Å². The number of ether oxygens (including phenoxy) is 1. The lowest BCUT2D eigenvalue weighted by molar-refractivity contribution is -0.118. The summed E-state index contributed by atoms with van der Waals surface area (Å²) >= 11 is 0. The molecular formula is C20H22N2O5S. The molecule has 0 radical (unpaired) electrons. The Morgan fingerprint density at radius 2 is 1.82 bits per heavy atom. The summed E-state index contributed by atoms with van der Waals surface area (Å²) in [5.74, 6) is -0.0230. The highest BCUT2D eigenvalue weighted by atomic mass is 32.2. The van der Waals surface area contributed by atoms with Crippen molar-refractivity contribution in [2.75, 3.05) is 25.0 Å². The number of nitrogens with one attached hydrogen (secondary N) is 1. The number of benzene rings is 2. The molecule has 1 saturated heterocycles. The van der Waals surface area contributed by atoms with Gasteiger partial charge in [0, 0.05) is 24.3 Å². The van der Waals surface area contributed by atoms with Gasteiger partial charge in [0.2, 0.25) is 10.0 Å². The van der Waals surface area contributed by atoms with E-state index in [1.54, 1.807) is 30.3 Å². The SMILES string of the molecule is O=Cc1cccc(OCC(=O)Nc2cccc(S(=O)(=O)N3CCCCC3)c2)c1. The quantitative estimate of drug-likeness (QED) is 0.719. The Morgan fingerprint density at radius 3 is 2.57 bits per heavy atom. The summed E-state index contributed by atoms with van der Waals surface area (Å²) in [5.41, 5.74) is 0.835. The summed E-state index contributed by atoms with van der Waals surface area (Å²) < 4.78 is 32.4. The van der Waals surface area contributed by atoms with Crippen molar-refractivity contribution >= 4 is 27.9 Å². The molecule has 1 N–H and O–H groups in total. The molecular weight excluding hydrogens is 380 g/mol. The molecule has 1 aliphatic heterocycles. The Balaban J connectivity index is 1.63. The first kappa shape index (κ1) is 20.0. The molecule has 7 nitrogen and oxygen atoms in total. The molecule has 8 heteroatoms. The minimum absolute atomic E-state index is 0.159. The van der Waals surface area contributed by atoms with Crippen LogP contribution in [0.15, 0.2) is 53.4 Å². The first-order valence-electron chi connectivity index (χ1n) is 9.07. The summed E-state index contributed by atoms with van der Waals surface area (Å²) in [6.07, 6.45) is 3.45. The Kier molecular flexibility index (Phi) is 6.43. The number of nitrogens with zero attached hydrogens (tertiary/aromatic N) is 1. The zero-order valence-electron chi connectivity index (χ0n) is 15.3. The van der Waals surface area contributed by atoms with E-state index in [4.69, 9.17) is 4.74 Å². The lowest BCUT2D eigenvalue weighted by Crippen LogP contribution is -2.35. The van der Waals surface area contributed by atoms with Crippen LogP contribution in [0, 0.1) is 0 Å². The molecule has 0 saturated carbocycles. The average molecular weight is 402 g/mol. The zero-order valence-corrected chi connectivity index (χ0v) is 16.2. The largest absolute Gasteiger partial charge is 0.484 e. The number of aldehydes is 1.